The molecular formula is C20H21BrFNO3. The SMILES string of the molecule is O=c1c2cc(c(O)n1-c1cc(OC3CCCCC3)c(Br)cc1F)CCC2. The molecule has 2 bridgehead atoms. The fourth-order valence-corrected chi connectivity index (χ4v) is 4.33. The molecule has 1 aromatic heterocycles. The zero-order valence-electron chi connectivity index (χ0n) is 14.4. The summed E-state index contributed by atoms with van der Waals surface area (Å²) < 4.78 is 22.4. The molecule has 0 atom stereocenters. The highest BCUT2D eigenvalue weighted by Gasteiger charge is 2.23. The smallest absolute Gasteiger partial charge is 0.261 e. The number of hydrogen-bond acceptors (Lipinski definition) is 3. The van der Waals surface area contributed by atoms with E-state index in [1.54, 1.807) is 6.07 Å². The van der Waals surface area contributed by atoms with Gasteiger partial charge in [-0.1, -0.05) is 6.42 Å². The molecule has 0 spiro atoms. The number of pyridine rings is 1. The maximum Gasteiger partial charge on any atom is 0.261 e. The molecule has 2 aliphatic rings. The van der Waals surface area contributed by atoms with Crippen molar-refractivity contribution in [1.82, 2.24) is 4.57 Å². The minimum Gasteiger partial charge on any atom is -0.494 e. The number of nitrogens with zero attached hydrogens (tertiary/aromatic N) is 1. The topological polar surface area (TPSA) is 51.5 Å². The van der Waals surface area contributed by atoms with Gasteiger partial charge in [-0.3, -0.25) is 4.79 Å². The second-order valence-electron chi connectivity index (χ2n) is 7.12. The van der Waals surface area contributed by atoms with Crippen LogP contribution in [0.5, 0.6) is 11.6 Å². The molecule has 4 nitrogen and oxygen atoms in total. The van der Waals surface area contributed by atoms with Crippen LogP contribution in [0.1, 0.15) is 49.7 Å². The van der Waals surface area contributed by atoms with Crippen LogP contribution in [0.3, 0.4) is 0 Å². The molecule has 26 heavy (non-hydrogen) atoms. The van der Waals surface area contributed by atoms with Gasteiger partial charge in [-0.2, -0.15) is 0 Å². The maximum absolute atomic E-state index is 14.7. The summed E-state index contributed by atoms with van der Waals surface area (Å²) in [5.41, 5.74) is 0.964. The van der Waals surface area contributed by atoms with Gasteiger partial charge in [0.05, 0.1) is 16.3 Å². The van der Waals surface area contributed by atoms with Gasteiger partial charge in [0.2, 0.25) is 5.88 Å². The van der Waals surface area contributed by atoms with Gasteiger partial charge >= 0.3 is 0 Å². The van der Waals surface area contributed by atoms with Crippen molar-refractivity contribution in [2.45, 2.75) is 57.5 Å². The number of hydrogen-bond donors (Lipinski definition) is 1. The normalized spacial score (nSPS) is 17.3. The lowest BCUT2D eigenvalue weighted by Crippen LogP contribution is -2.26. The Hall–Kier alpha value is -1.82. The van der Waals surface area contributed by atoms with Gasteiger partial charge in [0.25, 0.3) is 5.56 Å². The predicted molar refractivity (Wildman–Crippen MR) is 101 cm³/mol. The number of ether oxygens (including phenoxy) is 1. The predicted octanol–water partition coefficient (Wildman–Crippen LogP) is 4.64. The van der Waals surface area contributed by atoms with E-state index in [-0.39, 0.29) is 23.2 Å². The Balaban J connectivity index is 1.79. The third kappa shape index (κ3) is 3.15. The summed E-state index contributed by atoms with van der Waals surface area (Å²) in [4.78, 5) is 12.7. The lowest BCUT2D eigenvalue weighted by Gasteiger charge is -2.24. The highest BCUT2D eigenvalue weighted by Crippen LogP contribution is 2.35. The summed E-state index contributed by atoms with van der Waals surface area (Å²) in [5.74, 6) is -0.249. The molecule has 1 N–H and O–H groups in total. The minimum absolute atomic E-state index is 0.0338. The zero-order valence-corrected chi connectivity index (χ0v) is 16.0. The molecule has 6 heteroatoms. The first-order valence-corrected chi connectivity index (χ1v) is 9.96. The molecule has 1 saturated carbocycles. The van der Waals surface area contributed by atoms with E-state index in [1.807, 2.05) is 0 Å². The van der Waals surface area contributed by atoms with Gasteiger partial charge in [0.15, 0.2) is 0 Å². The van der Waals surface area contributed by atoms with Gasteiger partial charge < -0.3 is 9.84 Å². The average Bonchev–Trinajstić information content (AvgIpc) is 2.65. The van der Waals surface area contributed by atoms with Crippen molar-refractivity contribution in [1.29, 1.82) is 0 Å². The van der Waals surface area contributed by atoms with Crippen molar-refractivity contribution in [3.8, 4) is 17.3 Å². The first kappa shape index (κ1) is 17.6. The Morgan fingerprint density at radius 1 is 1.08 bits per heavy atom. The maximum atomic E-state index is 14.7. The van der Waals surface area contributed by atoms with Gasteiger partial charge in [-0.05, 0) is 73.0 Å². The summed E-state index contributed by atoms with van der Waals surface area (Å²) in [5, 5.41) is 10.5. The molecule has 2 aliphatic carbocycles. The van der Waals surface area contributed by atoms with Crippen LogP contribution < -0.4 is 10.3 Å². The summed E-state index contributed by atoms with van der Waals surface area (Å²) in [7, 11) is 0. The highest BCUT2D eigenvalue weighted by atomic mass is 79.9. The Bertz CT molecular complexity index is 903. The van der Waals surface area contributed by atoms with Crippen molar-refractivity contribution in [2.75, 3.05) is 0 Å². The van der Waals surface area contributed by atoms with Crippen LogP contribution in [0.25, 0.3) is 5.69 Å². The Morgan fingerprint density at radius 3 is 2.58 bits per heavy atom. The largest absolute Gasteiger partial charge is 0.494 e. The fourth-order valence-electron chi connectivity index (χ4n) is 3.92. The van der Waals surface area contributed by atoms with E-state index in [0.717, 1.165) is 36.7 Å². The number of aryl methyl sites for hydroxylation is 2. The number of fused-ring (bicyclic) bond motifs is 2. The van der Waals surface area contributed by atoms with Crippen LogP contribution >= 0.6 is 15.9 Å². The summed E-state index contributed by atoms with van der Waals surface area (Å²) >= 11 is 3.36. The van der Waals surface area contributed by atoms with Gasteiger partial charge in [0.1, 0.15) is 11.6 Å². The summed E-state index contributed by atoms with van der Waals surface area (Å²) in [6.07, 6.45) is 7.68. The van der Waals surface area contributed by atoms with Gasteiger partial charge in [-0.15, -0.1) is 0 Å². The number of aromatic nitrogens is 1. The second-order valence-corrected chi connectivity index (χ2v) is 7.98. The van der Waals surface area contributed by atoms with Crippen molar-refractivity contribution in [3.05, 3.63) is 50.0 Å². The van der Waals surface area contributed by atoms with Crippen molar-refractivity contribution >= 4 is 15.9 Å². The molecule has 2 aromatic rings. The first-order valence-electron chi connectivity index (χ1n) is 9.17. The second kappa shape index (κ2) is 7.06. The van der Waals surface area contributed by atoms with Crippen molar-refractivity contribution in [3.63, 3.8) is 0 Å². The molecule has 0 aliphatic heterocycles. The molecule has 1 aromatic carbocycles. The fraction of sp³-hybridized carbons (Fsp3) is 0.450. The standard InChI is InChI=1S/C20H21BrFNO3/c21-15-10-16(22)17(11-18(15)26-14-7-2-1-3-8-14)23-19(24)12-5-4-6-13(9-12)20(23)25/h9-11,14,24H,1-8H2. The molecule has 0 saturated heterocycles. The van der Waals surface area contributed by atoms with E-state index >= 15 is 0 Å². The third-order valence-corrected chi connectivity index (χ3v) is 5.93. The van der Waals surface area contributed by atoms with Crippen molar-refractivity contribution in [2.24, 2.45) is 0 Å². The van der Waals surface area contributed by atoms with E-state index < -0.39 is 5.82 Å². The van der Waals surface area contributed by atoms with Crippen molar-refractivity contribution < 1.29 is 14.2 Å². The average molecular weight is 422 g/mol. The zero-order chi connectivity index (χ0) is 18.3. The molecular weight excluding hydrogens is 401 g/mol. The van der Waals surface area contributed by atoms with Crippen LogP contribution in [0.15, 0.2) is 27.5 Å². The van der Waals surface area contributed by atoms with Crippen LogP contribution in [0, 0.1) is 5.82 Å². The minimum atomic E-state index is -0.575. The molecule has 0 amide bonds. The molecule has 1 heterocycles. The number of benzene rings is 1. The molecule has 138 valence electrons. The number of rotatable bonds is 3. The van der Waals surface area contributed by atoms with Crippen LogP contribution in [0.4, 0.5) is 4.39 Å². The Kier molecular flexibility index (Phi) is 4.78. The van der Waals surface area contributed by atoms with E-state index in [4.69, 9.17) is 4.74 Å². The van der Waals surface area contributed by atoms with Gasteiger partial charge in [-0.25, -0.2) is 8.96 Å². The van der Waals surface area contributed by atoms with Crippen LogP contribution in [0.2, 0.25) is 0 Å². The van der Waals surface area contributed by atoms with E-state index in [9.17, 15) is 14.3 Å². The van der Waals surface area contributed by atoms with Crippen LogP contribution in [-0.4, -0.2) is 15.8 Å². The van der Waals surface area contributed by atoms with E-state index in [2.05, 4.69) is 15.9 Å². The quantitative estimate of drug-likeness (QED) is 0.784. The third-order valence-electron chi connectivity index (χ3n) is 5.31. The Labute approximate surface area is 159 Å². The first-order chi connectivity index (χ1) is 12.5. The molecule has 0 unspecified atom stereocenters. The molecule has 1 fully saturated rings. The van der Waals surface area contributed by atoms with Gasteiger partial charge in [0, 0.05) is 17.2 Å². The van der Waals surface area contributed by atoms with Crippen LogP contribution in [-0.2, 0) is 12.8 Å². The monoisotopic (exact) mass is 421 g/mol. The Morgan fingerprint density at radius 2 is 1.81 bits per heavy atom. The molecule has 0 radical (unpaired) electrons. The lowest BCUT2D eigenvalue weighted by molar-refractivity contribution is 0.154. The number of halogens is 2. The highest BCUT2D eigenvalue weighted by molar-refractivity contribution is 9.10. The summed E-state index contributed by atoms with van der Waals surface area (Å²) in [6, 6.07) is 4.55. The molecule has 4 rings (SSSR count). The van der Waals surface area contributed by atoms with E-state index in [1.165, 1.54) is 18.6 Å². The summed E-state index contributed by atoms with van der Waals surface area (Å²) in [6.45, 7) is 0. The lowest BCUT2D eigenvalue weighted by atomic mass is 9.97. The van der Waals surface area contributed by atoms with E-state index in [0.29, 0.717) is 34.2 Å². The number of aromatic hydroxyl groups is 1.